The maximum Gasteiger partial charge on any atom is 0.224 e. The first-order valence-electron chi connectivity index (χ1n) is 33.9. The lowest BCUT2D eigenvalue weighted by atomic mass is 10.0. The zero-order valence-corrected chi connectivity index (χ0v) is 55.2. The van der Waals surface area contributed by atoms with Gasteiger partial charge in [-0.1, -0.05) is 48.5 Å². The number of hydrogen-bond acceptors (Lipinski definition) is 14. The number of carbonyl (C=O) groups is 4. The third-order valence-corrected chi connectivity index (χ3v) is 17.4. The van der Waals surface area contributed by atoms with Crippen molar-refractivity contribution in [3.63, 3.8) is 0 Å². The molecule has 0 spiro atoms. The van der Waals surface area contributed by atoms with Crippen molar-refractivity contribution in [1.82, 2.24) is 59.8 Å². The molecule has 0 unspecified atom stereocenters. The number of H-pyrrole nitrogens is 2. The Morgan fingerprint density at radius 3 is 0.720 bits per heavy atom. The molecule has 0 fully saturated rings. The van der Waals surface area contributed by atoms with Crippen LogP contribution in [0, 0.1) is 0 Å². The number of nitrogens with zero attached hydrogens (tertiary/aromatic N) is 10. The Balaban J connectivity index is 0.878. The molecule has 0 radical (unpaired) electrons. The number of amides is 4. The second kappa shape index (κ2) is 32.6. The summed E-state index contributed by atoms with van der Waals surface area (Å²) in [7, 11) is 0. The van der Waals surface area contributed by atoms with Gasteiger partial charge in [-0.15, -0.1) is 0 Å². The van der Waals surface area contributed by atoms with Crippen LogP contribution in [0.1, 0.15) is 123 Å². The van der Waals surface area contributed by atoms with Crippen LogP contribution in [0.4, 0.5) is 22.7 Å². The van der Waals surface area contributed by atoms with Crippen molar-refractivity contribution >= 4 is 92.7 Å². The van der Waals surface area contributed by atoms with Crippen LogP contribution < -0.4 is 21.3 Å². The fraction of sp³-hybridized carbons (Fsp3) is 0.200. The molecule has 9 heterocycles. The lowest BCUT2D eigenvalue weighted by molar-refractivity contribution is -0.117. The number of carbonyl (C=O) groups excluding carboxylic acids is 4. The van der Waals surface area contributed by atoms with Crippen LogP contribution in [0.15, 0.2) is 196 Å². The van der Waals surface area contributed by atoms with Crippen molar-refractivity contribution < 1.29 is 19.2 Å². The first-order valence-corrected chi connectivity index (χ1v) is 33.9. The first kappa shape index (κ1) is 66.3. The van der Waals surface area contributed by atoms with Crippen molar-refractivity contribution in [3.05, 3.63) is 241 Å². The molecule has 100 heavy (non-hydrogen) atoms. The molecule has 2 aliphatic rings. The molecule has 8 bridgehead atoms. The highest BCUT2D eigenvalue weighted by Crippen LogP contribution is 2.40. The van der Waals surface area contributed by atoms with Crippen LogP contribution in [0.25, 0.3) is 90.9 Å². The van der Waals surface area contributed by atoms with Crippen LogP contribution in [0.3, 0.4) is 0 Å². The smallest absolute Gasteiger partial charge is 0.224 e. The summed E-state index contributed by atoms with van der Waals surface area (Å²) in [4.78, 5) is 106. The summed E-state index contributed by atoms with van der Waals surface area (Å²) in [5, 5.41) is 12.4. The van der Waals surface area contributed by atoms with E-state index in [-0.39, 0.29) is 23.6 Å². The molecule has 11 aromatic rings. The number of fused-ring (bicyclic) bond motifs is 8. The minimum atomic E-state index is -0.0768. The molecule has 4 amide bonds. The molecule has 20 nitrogen and oxygen atoms in total. The molecule has 20 heteroatoms. The molecule has 13 rings (SSSR count). The van der Waals surface area contributed by atoms with Crippen LogP contribution in [0.2, 0.25) is 0 Å². The highest BCUT2D eigenvalue weighted by molar-refractivity contribution is 6.01. The van der Waals surface area contributed by atoms with Gasteiger partial charge in [-0.25, -0.2) is 9.97 Å². The Labute approximate surface area is 578 Å². The van der Waals surface area contributed by atoms with E-state index in [9.17, 15) is 19.2 Å². The Hall–Kier alpha value is -12.3. The second-order valence-electron chi connectivity index (χ2n) is 24.6. The molecule has 4 aromatic carbocycles. The molecule has 0 atom stereocenters. The monoisotopic (exact) mass is 1320 g/mol. The van der Waals surface area contributed by atoms with Crippen molar-refractivity contribution in [2.45, 2.75) is 103 Å². The first-order chi connectivity index (χ1) is 49.2. The van der Waals surface area contributed by atoms with Crippen molar-refractivity contribution in [2.75, 3.05) is 21.3 Å². The number of unbranched alkanes of at least 4 members (excludes halogenated alkanes) is 4. The lowest BCUT2D eigenvalue weighted by Gasteiger charge is -2.10. The number of aromatic amines is 2. The Kier molecular flexibility index (Phi) is 21.6. The maximum atomic E-state index is 13.4. The third-order valence-electron chi connectivity index (χ3n) is 17.4. The number of aromatic nitrogens is 12. The Morgan fingerprint density at radius 2 is 0.510 bits per heavy atom. The molecular weight excluding hydrogens is 1250 g/mol. The van der Waals surface area contributed by atoms with E-state index in [0.717, 1.165) is 141 Å². The average Bonchev–Trinajstić information content (AvgIpc) is 1.59. The quantitative estimate of drug-likeness (QED) is 0.0249. The van der Waals surface area contributed by atoms with Gasteiger partial charge in [0.2, 0.25) is 23.6 Å². The molecule has 2 aliphatic heterocycles. The molecule has 0 aliphatic carbocycles. The van der Waals surface area contributed by atoms with Gasteiger partial charge < -0.3 is 31.2 Å². The van der Waals surface area contributed by atoms with Crippen LogP contribution >= 0.6 is 0 Å². The Bertz CT molecular complexity index is 4280. The van der Waals surface area contributed by atoms with E-state index in [0.29, 0.717) is 96.9 Å². The number of benzene rings is 4. The topological polar surface area (TPSA) is 277 Å². The standard InChI is InChI=1S/C80H74N16O4/c97-73(13-5-1-9-61-49-81-41-45-85-61)89-57-25-17-53(18-26-57)77-65-33-35-67(93-65)78(54-19-27-58(28-20-54)90-74(98)14-6-2-10-62-50-82-42-46-86-62)69-37-39-71(95-69)80(56-23-31-60(32-24-56)92-76(100)16-8-4-12-64-52-84-44-48-88-64)72-40-38-70(96-72)79(68-36-34-66(77)94-68)55-21-29-59(30-22-55)91-75(99)15-7-3-11-63-51-83-43-47-87-63/h17-52,93,96H,1-16H2,(H,89,97)(H,90,98)(H,91,99)(H,92,100). The van der Waals surface area contributed by atoms with Gasteiger partial charge in [0.1, 0.15) is 0 Å². The number of hydrogen-bond donors (Lipinski definition) is 6. The zero-order chi connectivity index (χ0) is 68.2. The zero-order valence-electron chi connectivity index (χ0n) is 55.2. The number of nitrogens with one attached hydrogen (secondary N) is 6. The van der Waals surface area contributed by atoms with E-state index in [1.54, 1.807) is 74.4 Å². The molecule has 498 valence electrons. The minimum absolute atomic E-state index is 0.0768. The summed E-state index contributed by atoms with van der Waals surface area (Å²) >= 11 is 0. The molecule has 0 saturated carbocycles. The van der Waals surface area contributed by atoms with Crippen LogP contribution in [-0.2, 0) is 44.9 Å². The van der Waals surface area contributed by atoms with Crippen LogP contribution in [0.5, 0.6) is 0 Å². The van der Waals surface area contributed by atoms with E-state index in [1.165, 1.54) is 0 Å². The van der Waals surface area contributed by atoms with E-state index < -0.39 is 0 Å². The van der Waals surface area contributed by atoms with Crippen molar-refractivity contribution in [1.29, 1.82) is 0 Å². The van der Waals surface area contributed by atoms with Gasteiger partial charge in [-0.05, 0) is 196 Å². The SMILES string of the molecule is O=C(CCCCc1cnccn1)Nc1ccc(-c2c3nc(c(-c4ccc(NC(=O)CCCCc5cnccn5)cc4)c4ccc([nH]4)c(-c4ccc(NC(=O)CCCCc5cnccn5)cc4)c4nc(c(-c5ccc(NC(=O)CCCCc6cnccn6)cc5)c5ccc2[nH]5)C=C4)C=C3)cc1. The third kappa shape index (κ3) is 17.4. The summed E-state index contributed by atoms with van der Waals surface area (Å²) in [5.74, 6) is -0.307. The highest BCUT2D eigenvalue weighted by Gasteiger charge is 2.21. The second-order valence-corrected chi connectivity index (χ2v) is 24.6. The van der Waals surface area contributed by atoms with Gasteiger partial charge in [0, 0.05) is 167 Å². The van der Waals surface area contributed by atoms with E-state index >= 15 is 0 Å². The molecule has 7 aromatic heterocycles. The van der Waals surface area contributed by atoms with E-state index in [1.807, 2.05) is 121 Å². The lowest BCUT2D eigenvalue weighted by Crippen LogP contribution is -2.11. The molecular formula is C80H74N16O4. The van der Waals surface area contributed by atoms with Gasteiger partial charge in [-0.3, -0.25) is 59.0 Å². The molecule has 6 N–H and O–H groups in total. The highest BCUT2D eigenvalue weighted by atomic mass is 16.2. The number of aryl methyl sites for hydroxylation is 4. The van der Waals surface area contributed by atoms with Crippen molar-refractivity contribution in [3.8, 4) is 44.5 Å². The van der Waals surface area contributed by atoms with Crippen LogP contribution in [-0.4, -0.2) is 83.4 Å². The predicted octanol–water partition coefficient (Wildman–Crippen LogP) is 15.9. The van der Waals surface area contributed by atoms with E-state index in [2.05, 4.69) is 95.4 Å². The van der Waals surface area contributed by atoms with Gasteiger partial charge in [-0.2, -0.15) is 0 Å². The minimum Gasteiger partial charge on any atom is -0.354 e. The summed E-state index contributed by atoms with van der Waals surface area (Å²) in [6.07, 6.45) is 38.9. The fourth-order valence-electron chi connectivity index (χ4n) is 12.4. The van der Waals surface area contributed by atoms with Gasteiger partial charge in [0.15, 0.2) is 0 Å². The van der Waals surface area contributed by atoms with Gasteiger partial charge in [0.25, 0.3) is 0 Å². The fourth-order valence-corrected chi connectivity index (χ4v) is 12.4. The van der Waals surface area contributed by atoms with Gasteiger partial charge >= 0.3 is 0 Å². The van der Waals surface area contributed by atoms with Gasteiger partial charge in [0.05, 0.1) is 45.6 Å². The van der Waals surface area contributed by atoms with Crippen molar-refractivity contribution in [2.24, 2.45) is 0 Å². The van der Waals surface area contributed by atoms with E-state index in [4.69, 9.17) is 9.97 Å². The normalized spacial score (nSPS) is 11.5. The summed E-state index contributed by atoms with van der Waals surface area (Å²) in [5.41, 5.74) is 18.8. The largest absolute Gasteiger partial charge is 0.354 e. The molecule has 0 saturated heterocycles. The number of rotatable bonds is 28. The summed E-state index contributed by atoms with van der Waals surface area (Å²) < 4.78 is 0. The summed E-state index contributed by atoms with van der Waals surface area (Å²) in [6.45, 7) is 0. The maximum absolute atomic E-state index is 13.4. The summed E-state index contributed by atoms with van der Waals surface area (Å²) in [6, 6.07) is 39.6. The average molecular weight is 1320 g/mol. The predicted molar refractivity (Wildman–Crippen MR) is 393 cm³/mol. The Morgan fingerprint density at radius 1 is 0.280 bits per heavy atom. The number of anilines is 4.